The van der Waals surface area contributed by atoms with E-state index in [-0.39, 0.29) is 0 Å². The summed E-state index contributed by atoms with van der Waals surface area (Å²) in [5.41, 5.74) is 6.82. The monoisotopic (exact) mass is 436 g/mol. The van der Waals surface area contributed by atoms with Crippen LogP contribution in [-0.4, -0.2) is 19.1 Å². The molecule has 7 aromatic rings. The Labute approximate surface area is 196 Å². The van der Waals surface area contributed by atoms with Gasteiger partial charge in [0.1, 0.15) is 5.82 Å². The van der Waals surface area contributed by atoms with E-state index in [2.05, 4.69) is 99.2 Å². The number of nitrogens with zero attached hydrogens (tertiary/aromatic N) is 4. The van der Waals surface area contributed by atoms with Crippen LogP contribution in [0, 0.1) is 0 Å². The van der Waals surface area contributed by atoms with Crippen molar-refractivity contribution in [3.63, 3.8) is 0 Å². The van der Waals surface area contributed by atoms with E-state index in [9.17, 15) is 0 Å². The third-order valence-electron chi connectivity index (χ3n) is 6.49. The number of para-hydroxylation sites is 2. The fraction of sp³-hybridized carbons (Fsp3) is 0. The third-order valence-corrected chi connectivity index (χ3v) is 6.49. The lowest BCUT2D eigenvalue weighted by atomic mass is 10.1. The maximum absolute atomic E-state index is 4.78. The molecule has 4 heterocycles. The number of fused-ring (bicyclic) bond motifs is 4. The van der Waals surface area contributed by atoms with E-state index in [1.54, 1.807) is 6.20 Å². The van der Waals surface area contributed by atoms with Gasteiger partial charge in [0, 0.05) is 52.2 Å². The summed E-state index contributed by atoms with van der Waals surface area (Å²) >= 11 is 0. The van der Waals surface area contributed by atoms with E-state index < -0.39 is 0 Å². The Morgan fingerprint density at radius 1 is 0.588 bits per heavy atom. The molecule has 4 nitrogen and oxygen atoms in total. The van der Waals surface area contributed by atoms with Gasteiger partial charge in [0.15, 0.2) is 0 Å². The Morgan fingerprint density at radius 3 is 2.35 bits per heavy atom. The van der Waals surface area contributed by atoms with Crippen LogP contribution in [0.1, 0.15) is 0 Å². The summed E-state index contributed by atoms with van der Waals surface area (Å²) in [6, 6.07) is 34.0. The molecule has 0 N–H and O–H groups in total. The number of benzene rings is 3. The Bertz CT molecular complexity index is 1790. The summed E-state index contributed by atoms with van der Waals surface area (Å²) < 4.78 is 4.52. The van der Waals surface area contributed by atoms with Crippen molar-refractivity contribution in [1.29, 1.82) is 0 Å². The average molecular weight is 437 g/mol. The average Bonchev–Trinajstić information content (AvgIpc) is 3.47. The van der Waals surface area contributed by atoms with Crippen molar-refractivity contribution in [3.05, 3.63) is 122 Å². The summed E-state index contributed by atoms with van der Waals surface area (Å²) in [6.45, 7) is 0. The molecule has 0 aliphatic heterocycles. The van der Waals surface area contributed by atoms with Crippen LogP contribution >= 0.6 is 0 Å². The zero-order valence-corrected chi connectivity index (χ0v) is 18.3. The third kappa shape index (κ3) is 2.86. The van der Waals surface area contributed by atoms with E-state index >= 15 is 0 Å². The van der Waals surface area contributed by atoms with Gasteiger partial charge in [-0.3, -0.25) is 9.55 Å². The smallest absolute Gasteiger partial charge is 0.138 e. The van der Waals surface area contributed by atoms with Crippen molar-refractivity contribution in [2.45, 2.75) is 0 Å². The van der Waals surface area contributed by atoms with Crippen molar-refractivity contribution in [1.82, 2.24) is 19.1 Å². The van der Waals surface area contributed by atoms with Gasteiger partial charge in [-0.15, -0.1) is 0 Å². The van der Waals surface area contributed by atoms with Crippen molar-refractivity contribution < 1.29 is 0 Å². The summed E-state index contributed by atoms with van der Waals surface area (Å²) in [6.07, 6.45) is 7.71. The van der Waals surface area contributed by atoms with Crippen LogP contribution in [0.3, 0.4) is 0 Å². The highest BCUT2D eigenvalue weighted by atomic mass is 15.1. The second kappa shape index (κ2) is 7.42. The molecule has 7 rings (SSSR count). The zero-order valence-electron chi connectivity index (χ0n) is 18.3. The lowest BCUT2D eigenvalue weighted by molar-refractivity contribution is 1.08. The molecule has 0 aliphatic rings. The minimum Gasteiger partial charge on any atom is -0.317 e. The van der Waals surface area contributed by atoms with Crippen molar-refractivity contribution in [3.8, 4) is 22.6 Å². The van der Waals surface area contributed by atoms with Crippen LogP contribution in [0.25, 0.3) is 55.3 Å². The molecular weight excluding hydrogens is 416 g/mol. The summed E-state index contributed by atoms with van der Waals surface area (Å²) in [5.74, 6) is 0.898. The highest BCUT2D eigenvalue weighted by molar-refractivity contribution is 6.13. The minimum atomic E-state index is 0.898. The highest BCUT2D eigenvalue weighted by Crippen LogP contribution is 2.35. The number of aromatic nitrogens is 4. The minimum absolute atomic E-state index is 0.898. The Balaban J connectivity index is 1.51. The fourth-order valence-corrected chi connectivity index (χ4v) is 4.91. The summed E-state index contributed by atoms with van der Waals surface area (Å²) in [7, 11) is 0. The van der Waals surface area contributed by atoms with Crippen LogP contribution in [0.2, 0.25) is 0 Å². The van der Waals surface area contributed by atoms with Crippen molar-refractivity contribution >= 4 is 32.7 Å². The number of pyridine rings is 2. The van der Waals surface area contributed by atoms with Gasteiger partial charge in [-0.25, -0.2) is 4.98 Å². The first-order valence-electron chi connectivity index (χ1n) is 11.3. The quantitative estimate of drug-likeness (QED) is 0.294. The fourth-order valence-electron chi connectivity index (χ4n) is 4.91. The normalized spacial score (nSPS) is 11.5. The van der Waals surface area contributed by atoms with Crippen LogP contribution in [0.15, 0.2) is 122 Å². The van der Waals surface area contributed by atoms with E-state index in [1.807, 2.05) is 30.6 Å². The molecule has 0 aliphatic carbocycles. The van der Waals surface area contributed by atoms with E-state index in [0.717, 1.165) is 33.7 Å². The summed E-state index contributed by atoms with van der Waals surface area (Å²) in [4.78, 5) is 9.06. The van der Waals surface area contributed by atoms with Crippen LogP contribution in [0.4, 0.5) is 0 Å². The molecule has 0 saturated heterocycles. The molecule has 0 atom stereocenters. The topological polar surface area (TPSA) is 35.6 Å². The molecule has 4 aromatic heterocycles. The predicted octanol–water partition coefficient (Wildman–Crippen LogP) is 7.18. The number of hydrogen-bond donors (Lipinski definition) is 0. The maximum Gasteiger partial charge on any atom is 0.138 e. The number of rotatable bonds is 3. The molecule has 0 amide bonds. The van der Waals surface area contributed by atoms with Crippen LogP contribution in [0.5, 0.6) is 0 Å². The SMILES string of the molecule is c1ccc(-n2ccc3cc4c(cc32)c2ccccc2n4-c2cc(-c3cccnc3)ccn2)cc1. The number of hydrogen-bond acceptors (Lipinski definition) is 2. The molecule has 3 aromatic carbocycles. The van der Waals surface area contributed by atoms with E-state index in [0.29, 0.717) is 0 Å². The lowest BCUT2D eigenvalue weighted by Crippen LogP contribution is -1.97. The molecule has 0 fully saturated rings. The molecule has 34 heavy (non-hydrogen) atoms. The lowest BCUT2D eigenvalue weighted by Gasteiger charge is -2.09. The van der Waals surface area contributed by atoms with Crippen molar-refractivity contribution in [2.75, 3.05) is 0 Å². The van der Waals surface area contributed by atoms with E-state index in [1.165, 1.54) is 21.7 Å². The molecule has 0 radical (unpaired) electrons. The first-order chi connectivity index (χ1) is 16.9. The first kappa shape index (κ1) is 18.8. The van der Waals surface area contributed by atoms with Crippen molar-refractivity contribution in [2.24, 2.45) is 0 Å². The second-order valence-corrected chi connectivity index (χ2v) is 8.45. The first-order valence-corrected chi connectivity index (χ1v) is 11.3. The maximum atomic E-state index is 4.78. The molecule has 0 unspecified atom stereocenters. The highest BCUT2D eigenvalue weighted by Gasteiger charge is 2.16. The van der Waals surface area contributed by atoms with Gasteiger partial charge in [0.25, 0.3) is 0 Å². The largest absolute Gasteiger partial charge is 0.317 e. The van der Waals surface area contributed by atoms with Gasteiger partial charge in [-0.2, -0.15) is 0 Å². The van der Waals surface area contributed by atoms with Gasteiger partial charge >= 0.3 is 0 Å². The Hall–Kier alpha value is -4.70. The molecule has 0 bridgehead atoms. The summed E-state index contributed by atoms with van der Waals surface area (Å²) in [5, 5.41) is 3.63. The molecule has 160 valence electrons. The zero-order chi connectivity index (χ0) is 22.5. The second-order valence-electron chi connectivity index (χ2n) is 8.45. The van der Waals surface area contributed by atoms with Crippen LogP contribution in [-0.2, 0) is 0 Å². The molecule has 0 saturated carbocycles. The van der Waals surface area contributed by atoms with Gasteiger partial charge < -0.3 is 4.57 Å². The van der Waals surface area contributed by atoms with Gasteiger partial charge in [-0.1, -0.05) is 42.5 Å². The van der Waals surface area contributed by atoms with Gasteiger partial charge in [-0.05, 0) is 60.2 Å². The molecule has 4 heteroatoms. The van der Waals surface area contributed by atoms with Gasteiger partial charge in [0.2, 0.25) is 0 Å². The predicted molar refractivity (Wildman–Crippen MR) is 139 cm³/mol. The van der Waals surface area contributed by atoms with Gasteiger partial charge in [0.05, 0.1) is 16.6 Å². The standard InChI is InChI=1S/C30H20N4/c1-2-8-24(9-3-1)33-16-13-22-17-29-26(19-28(22)33)25-10-4-5-11-27(25)34(29)30-18-21(12-15-32-30)23-7-6-14-31-20-23/h1-20H. The molecule has 0 spiro atoms. The van der Waals surface area contributed by atoms with E-state index in [4.69, 9.17) is 4.98 Å². The molecular formula is C30H20N4. The Kier molecular flexibility index (Phi) is 4.11. The van der Waals surface area contributed by atoms with Crippen LogP contribution < -0.4 is 0 Å². The Morgan fingerprint density at radius 2 is 1.47 bits per heavy atom.